The van der Waals surface area contributed by atoms with Crippen LogP contribution in [-0.4, -0.2) is 51.0 Å². The molecule has 0 amide bonds. The topological polar surface area (TPSA) is 63.4 Å². The SMILES string of the molecule is CCCS(=O)(=O)CCN(C)CC(C)N. The number of nitrogens with two attached hydrogens (primary N) is 1. The van der Waals surface area contributed by atoms with E-state index in [0.717, 1.165) is 6.54 Å². The number of rotatable bonds is 7. The largest absolute Gasteiger partial charge is 0.327 e. The monoisotopic (exact) mass is 222 g/mol. The van der Waals surface area contributed by atoms with Crippen molar-refractivity contribution in [1.29, 1.82) is 0 Å². The molecule has 1 unspecified atom stereocenters. The normalized spacial score (nSPS) is 14.6. The molecule has 0 saturated carbocycles. The second-order valence-corrected chi connectivity index (χ2v) is 6.19. The minimum Gasteiger partial charge on any atom is -0.327 e. The fourth-order valence-electron chi connectivity index (χ4n) is 1.29. The van der Waals surface area contributed by atoms with Gasteiger partial charge >= 0.3 is 0 Å². The van der Waals surface area contributed by atoms with Crippen LogP contribution in [0.1, 0.15) is 20.3 Å². The summed E-state index contributed by atoms with van der Waals surface area (Å²) in [6, 6.07) is 0.0916. The van der Waals surface area contributed by atoms with Gasteiger partial charge in [0.05, 0.1) is 5.75 Å². The van der Waals surface area contributed by atoms with Crippen LogP contribution in [0.5, 0.6) is 0 Å². The summed E-state index contributed by atoms with van der Waals surface area (Å²) in [5.74, 6) is 0.531. The summed E-state index contributed by atoms with van der Waals surface area (Å²) in [6.45, 7) is 5.10. The third-order valence-corrected chi connectivity index (χ3v) is 3.73. The standard InChI is InChI=1S/C9H22N2O2S/c1-4-6-14(12,13)7-5-11(3)8-9(2)10/h9H,4-8,10H2,1-3H3. The molecule has 0 heterocycles. The zero-order valence-corrected chi connectivity index (χ0v) is 10.2. The Morgan fingerprint density at radius 1 is 1.36 bits per heavy atom. The number of likely N-dealkylation sites (N-methyl/N-ethyl adjacent to an activating group) is 1. The van der Waals surface area contributed by atoms with Gasteiger partial charge in [0.15, 0.2) is 9.84 Å². The molecule has 0 aliphatic carbocycles. The lowest BCUT2D eigenvalue weighted by Crippen LogP contribution is -2.35. The van der Waals surface area contributed by atoms with E-state index in [-0.39, 0.29) is 11.8 Å². The van der Waals surface area contributed by atoms with Crippen LogP contribution in [0.3, 0.4) is 0 Å². The van der Waals surface area contributed by atoms with Gasteiger partial charge in [-0.25, -0.2) is 8.42 Å². The van der Waals surface area contributed by atoms with E-state index >= 15 is 0 Å². The number of nitrogens with zero attached hydrogens (tertiary/aromatic N) is 1. The van der Waals surface area contributed by atoms with Gasteiger partial charge in [-0.3, -0.25) is 0 Å². The van der Waals surface area contributed by atoms with Crippen LogP contribution in [0, 0.1) is 0 Å². The van der Waals surface area contributed by atoms with Gasteiger partial charge in [-0.15, -0.1) is 0 Å². The van der Waals surface area contributed by atoms with Crippen molar-refractivity contribution in [2.24, 2.45) is 5.73 Å². The lowest BCUT2D eigenvalue weighted by Gasteiger charge is -2.18. The zero-order chi connectivity index (χ0) is 11.2. The van der Waals surface area contributed by atoms with E-state index in [1.165, 1.54) is 0 Å². The lowest BCUT2D eigenvalue weighted by atomic mass is 10.3. The highest BCUT2D eigenvalue weighted by Crippen LogP contribution is 1.95. The van der Waals surface area contributed by atoms with Crippen LogP contribution in [0.15, 0.2) is 0 Å². The summed E-state index contributed by atoms with van der Waals surface area (Å²) in [5.41, 5.74) is 5.60. The van der Waals surface area contributed by atoms with Crippen LogP contribution in [0.25, 0.3) is 0 Å². The third-order valence-electron chi connectivity index (χ3n) is 1.90. The van der Waals surface area contributed by atoms with Crippen LogP contribution >= 0.6 is 0 Å². The van der Waals surface area contributed by atoms with Gasteiger partial charge in [0.2, 0.25) is 0 Å². The highest BCUT2D eigenvalue weighted by Gasteiger charge is 2.11. The molecule has 86 valence electrons. The number of sulfone groups is 1. The summed E-state index contributed by atoms with van der Waals surface area (Å²) in [5, 5.41) is 0. The van der Waals surface area contributed by atoms with Gasteiger partial charge in [0.25, 0.3) is 0 Å². The van der Waals surface area contributed by atoms with Gasteiger partial charge in [0, 0.05) is 24.9 Å². The summed E-state index contributed by atoms with van der Waals surface area (Å²) in [6.07, 6.45) is 0.694. The molecule has 0 rings (SSSR count). The first-order chi connectivity index (χ1) is 6.37. The zero-order valence-electron chi connectivity index (χ0n) is 9.36. The Balaban J connectivity index is 3.82. The van der Waals surface area contributed by atoms with E-state index < -0.39 is 9.84 Å². The van der Waals surface area contributed by atoms with Crippen molar-refractivity contribution < 1.29 is 8.42 Å². The smallest absolute Gasteiger partial charge is 0.151 e. The lowest BCUT2D eigenvalue weighted by molar-refractivity contribution is 0.334. The molecule has 0 radical (unpaired) electrons. The van der Waals surface area contributed by atoms with Gasteiger partial charge in [-0.1, -0.05) is 6.92 Å². The van der Waals surface area contributed by atoms with Crippen molar-refractivity contribution >= 4 is 9.84 Å². The predicted octanol–water partition coefficient (Wildman–Crippen LogP) is 0.0902. The molecule has 0 aromatic rings. The molecule has 0 saturated heterocycles. The van der Waals surface area contributed by atoms with Crippen molar-refractivity contribution in [3.8, 4) is 0 Å². The Labute approximate surface area is 87.4 Å². The minimum atomic E-state index is -2.84. The summed E-state index contributed by atoms with van der Waals surface area (Å²) < 4.78 is 22.7. The second-order valence-electron chi connectivity index (χ2n) is 3.89. The maximum Gasteiger partial charge on any atom is 0.151 e. The molecule has 0 aliphatic heterocycles. The molecule has 0 fully saturated rings. The Morgan fingerprint density at radius 3 is 2.36 bits per heavy atom. The number of hydrogen-bond acceptors (Lipinski definition) is 4. The van der Waals surface area contributed by atoms with Crippen molar-refractivity contribution in [2.75, 3.05) is 31.6 Å². The number of hydrogen-bond donors (Lipinski definition) is 1. The molecule has 0 aliphatic rings. The predicted molar refractivity (Wildman–Crippen MR) is 60.1 cm³/mol. The first-order valence-corrected chi connectivity index (χ1v) is 6.84. The van der Waals surface area contributed by atoms with Crippen molar-refractivity contribution in [2.45, 2.75) is 26.3 Å². The molecule has 5 heteroatoms. The molecule has 0 bridgehead atoms. The quantitative estimate of drug-likeness (QED) is 0.663. The maximum absolute atomic E-state index is 11.4. The van der Waals surface area contributed by atoms with Gasteiger partial charge < -0.3 is 10.6 Å². The second kappa shape index (κ2) is 6.37. The Morgan fingerprint density at radius 2 is 1.93 bits per heavy atom. The van der Waals surface area contributed by atoms with E-state index in [9.17, 15) is 8.42 Å². The van der Waals surface area contributed by atoms with Crippen molar-refractivity contribution in [1.82, 2.24) is 4.90 Å². The fraction of sp³-hybridized carbons (Fsp3) is 1.00. The van der Waals surface area contributed by atoms with E-state index in [1.807, 2.05) is 25.8 Å². The summed E-state index contributed by atoms with van der Waals surface area (Å²) in [4.78, 5) is 1.96. The minimum absolute atomic E-state index is 0.0916. The molecule has 0 aromatic heterocycles. The molecule has 0 aromatic carbocycles. The molecule has 2 N–H and O–H groups in total. The fourth-order valence-corrected chi connectivity index (χ4v) is 2.71. The highest BCUT2D eigenvalue weighted by atomic mass is 32.2. The maximum atomic E-state index is 11.4. The van der Waals surface area contributed by atoms with Gasteiger partial charge in [0.1, 0.15) is 0 Å². The summed E-state index contributed by atoms with van der Waals surface area (Å²) in [7, 11) is -0.951. The molecular weight excluding hydrogens is 200 g/mol. The Kier molecular flexibility index (Phi) is 6.31. The molecule has 1 atom stereocenters. The summed E-state index contributed by atoms with van der Waals surface area (Å²) >= 11 is 0. The molecule has 14 heavy (non-hydrogen) atoms. The van der Waals surface area contributed by atoms with E-state index in [0.29, 0.717) is 18.7 Å². The van der Waals surface area contributed by atoms with Crippen LogP contribution < -0.4 is 5.73 Å². The average Bonchev–Trinajstić information content (AvgIpc) is 2.00. The third kappa shape index (κ3) is 7.29. The van der Waals surface area contributed by atoms with Crippen LogP contribution in [0.4, 0.5) is 0 Å². The first kappa shape index (κ1) is 13.9. The molecule has 0 spiro atoms. The first-order valence-electron chi connectivity index (χ1n) is 5.02. The van der Waals surface area contributed by atoms with E-state index in [2.05, 4.69) is 0 Å². The van der Waals surface area contributed by atoms with E-state index in [4.69, 9.17) is 5.73 Å². The van der Waals surface area contributed by atoms with Crippen molar-refractivity contribution in [3.63, 3.8) is 0 Å². The van der Waals surface area contributed by atoms with Gasteiger partial charge in [-0.05, 0) is 20.4 Å². The van der Waals surface area contributed by atoms with Gasteiger partial charge in [-0.2, -0.15) is 0 Å². The molecule has 4 nitrogen and oxygen atoms in total. The Hall–Kier alpha value is -0.130. The Bertz CT molecular complexity index is 237. The highest BCUT2D eigenvalue weighted by molar-refractivity contribution is 7.91. The average molecular weight is 222 g/mol. The van der Waals surface area contributed by atoms with Crippen LogP contribution in [0.2, 0.25) is 0 Å². The van der Waals surface area contributed by atoms with Crippen LogP contribution in [-0.2, 0) is 9.84 Å². The molecular formula is C9H22N2O2S. The van der Waals surface area contributed by atoms with Crippen molar-refractivity contribution in [3.05, 3.63) is 0 Å². The van der Waals surface area contributed by atoms with E-state index in [1.54, 1.807) is 0 Å².